The maximum atomic E-state index is 14.8. The molecule has 4 heterocycles. The number of hydrogen-bond donors (Lipinski definition) is 1. The second-order valence-electron chi connectivity index (χ2n) is 8.74. The summed E-state index contributed by atoms with van der Waals surface area (Å²) in [5.41, 5.74) is 4.03. The minimum Gasteiger partial charge on any atom is -0.373 e. The lowest BCUT2D eigenvalue weighted by atomic mass is 10.1. The molecule has 1 amide bonds. The number of imidazole rings is 2. The Labute approximate surface area is 195 Å². The number of amides is 1. The Bertz CT molecular complexity index is 1400. The maximum absolute atomic E-state index is 14.8. The molecule has 1 aromatic carbocycles. The lowest BCUT2D eigenvalue weighted by molar-refractivity contribution is 0.0856. The summed E-state index contributed by atoms with van der Waals surface area (Å²) >= 11 is 0. The molecule has 0 radical (unpaired) electrons. The first kappa shape index (κ1) is 20.7. The summed E-state index contributed by atoms with van der Waals surface area (Å²) in [5, 5.41) is 2.74. The van der Waals surface area contributed by atoms with Crippen LogP contribution in [0.2, 0.25) is 0 Å². The molecule has 0 unspecified atom stereocenters. The first-order chi connectivity index (χ1) is 16.6. The Hall–Kier alpha value is -3.85. The minimum absolute atomic E-state index is 0.0511. The van der Waals surface area contributed by atoms with Gasteiger partial charge in [-0.3, -0.25) is 4.79 Å². The van der Waals surface area contributed by atoms with Gasteiger partial charge >= 0.3 is 0 Å². The van der Waals surface area contributed by atoms with Crippen LogP contribution in [-0.2, 0) is 17.9 Å². The van der Waals surface area contributed by atoms with Gasteiger partial charge in [-0.2, -0.15) is 0 Å². The van der Waals surface area contributed by atoms with Crippen molar-refractivity contribution in [2.24, 2.45) is 0 Å². The topological polar surface area (TPSA) is 86.9 Å². The number of nitrogens with zero attached hydrogens (tertiary/aromatic N) is 5. The standard InChI is InChI=1S/C25H23FN6O2/c1-15-9-19(26)18(10-22(15)31-12-21(28-14-31)16-5-6-16)25(33)30-23-4-2-3-20(29-23)24-27-11-17-13-34-8-7-32(17)24/h2-4,9-12,14,16H,5-8,13H2,1H3,(H,29,30,33). The predicted octanol–water partition coefficient (Wildman–Crippen LogP) is 4.24. The number of ether oxygens (including phenoxy) is 1. The number of nitrogens with one attached hydrogen (secondary N) is 1. The quantitative estimate of drug-likeness (QED) is 0.484. The van der Waals surface area contributed by atoms with E-state index in [1.807, 2.05) is 23.8 Å². The Morgan fingerprint density at radius 1 is 1.24 bits per heavy atom. The summed E-state index contributed by atoms with van der Waals surface area (Å²) in [4.78, 5) is 26.5. The molecule has 1 aliphatic carbocycles. The Kier molecular flexibility index (Phi) is 4.99. The van der Waals surface area contributed by atoms with Crippen LogP contribution in [0.3, 0.4) is 0 Å². The number of aromatic nitrogens is 5. The van der Waals surface area contributed by atoms with Crippen molar-refractivity contribution in [2.75, 3.05) is 11.9 Å². The van der Waals surface area contributed by atoms with Crippen molar-refractivity contribution in [3.63, 3.8) is 0 Å². The molecule has 0 atom stereocenters. The SMILES string of the molecule is Cc1cc(F)c(C(=O)Nc2cccc(-c3ncc4n3CCOC4)n2)cc1-n1cnc(C2CC2)c1. The third-order valence-corrected chi connectivity index (χ3v) is 6.27. The van der Waals surface area contributed by atoms with E-state index in [1.165, 1.54) is 6.07 Å². The summed E-state index contributed by atoms with van der Waals surface area (Å²) < 4.78 is 24.2. The lowest BCUT2D eigenvalue weighted by Gasteiger charge is -2.17. The fourth-order valence-corrected chi connectivity index (χ4v) is 4.30. The summed E-state index contributed by atoms with van der Waals surface area (Å²) in [6.45, 7) is 3.63. The largest absolute Gasteiger partial charge is 0.373 e. The van der Waals surface area contributed by atoms with E-state index in [1.54, 1.807) is 30.7 Å². The van der Waals surface area contributed by atoms with Crippen LogP contribution >= 0.6 is 0 Å². The van der Waals surface area contributed by atoms with Gasteiger partial charge in [0.1, 0.15) is 17.3 Å². The van der Waals surface area contributed by atoms with E-state index in [0.29, 0.717) is 43.0 Å². The van der Waals surface area contributed by atoms with E-state index >= 15 is 0 Å². The average Bonchev–Trinajstić information content (AvgIpc) is 3.41. The monoisotopic (exact) mass is 458 g/mol. The first-order valence-electron chi connectivity index (χ1n) is 11.3. The third kappa shape index (κ3) is 3.77. The molecular weight excluding hydrogens is 435 g/mol. The summed E-state index contributed by atoms with van der Waals surface area (Å²) in [6.07, 6.45) is 7.75. The normalized spacial score (nSPS) is 15.2. The van der Waals surface area contributed by atoms with Crippen molar-refractivity contribution in [2.45, 2.75) is 38.8 Å². The average molecular weight is 458 g/mol. The number of aryl methyl sites for hydroxylation is 1. The molecule has 8 nitrogen and oxygen atoms in total. The molecule has 4 aromatic rings. The molecule has 1 saturated carbocycles. The molecule has 1 N–H and O–H groups in total. The molecule has 3 aromatic heterocycles. The van der Waals surface area contributed by atoms with Gasteiger partial charge < -0.3 is 19.2 Å². The van der Waals surface area contributed by atoms with Crippen LogP contribution < -0.4 is 5.32 Å². The molecule has 34 heavy (non-hydrogen) atoms. The first-order valence-corrected chi connectivity index (χ1v) is 11.3. The van der Waals surface area contributed by atoms with Gasteiger partial charge in [-0.25, -0.2) is 19.3 Å². The zero-order valence-corrected chi connectivity index (χ0v) is 18.7. The van der Waals surface area contributed by atoms with Gasteiger partial charge in [0.2, 0.25) is 0 Å². The highest BCUT2D eigenvalue weighted by Gasteiger charge is 2.26. The van der Waals surface area contributed by atoms with E-state index in [-0.39, 0.29) is 5.56 Å². The van der Waals surface area contributed by atoms with E-state index in [2.05, 4.69) is 24.8 Å². The number of hydrogen-bond acceptors (Lipinski definition) is 5. The van der Waals surface area contributed by atoms with Crippen LogP contribution in [0, 0.1) is 12.7 Å². The highest BCUT2D eigenvalue weighted by Crippen LogP contribution is 2.39. The molecule has 0 spiro atoms. The zero-order chi connectivity index (χ0) is 23.2. The number of rotatable bonds is 5. The van der Waals surface area contributed by atoms with Crippen LogP contribution in [0.15, 0.2) is 49.1 Å². The van der Waals surface area contributed by atoms with Crippen LogP contribution in [0.1, 0.15) is 46.1 Å². The van der Waals surface area contributed by atoms with Gasteiger partial charge in [0.25, 0.3) is 5.91 Å². The van der Waals surface area contributed by atoms with Crippen LogP contribution in [0.4, 0.5) is 10.2 Å². The zero-order valence-electron chi connectivity index (χ0n) is 18.7. The van der Waals surface area contributed by atoms with E-state index in [4.69, 9.17) is 4.74 Å². The van der Waals surface area contributed by atoms with Gasteiger partial charge in [0.15, 0.2) is 5.82 Å². The molecule has 9 heteroatoms. The highest BCUT2D eigenvalue weighted by atomic mass is 19.1. The van der Waals surface area contributed by atoms with Gasteiger partial charge in [0.05, 0.1) is 48.4 Å². The molecule has 172 valence electrons. The second kappa shape index (κ2) is 8.18. The Morgan fingerprint density at radius 2 is 2.12 bits per heavy atom. The molecule has 1 aliphatic heterocycles. The second-order valence-corrected chi connectivity index (χ2v) is 8.74. The van der Waals surface area contributed by atoms with Crippen molar-refractivity contribution in [1.29, 1.82) is 0 Å². The van der Waals surface area contributed by atoms with Gasteiger partial charge in [-0.05, 0) is 49.6 Å². The number of anilines is 1. The summed E-state index contributed by atoms with van der Waals surface area (Å²) in [7, 11) is 0. The van der Waals surface area contributed by atoms with E-state index in [0.717, 1.165) is 35.5 Å². The fourth-order valence-electron chi connectivity index (χ4n) is 4.30. The van der Waals surface area contributed by atoms with Crippen molar-refractivity contribution in [3.05, 3.63) is 77.4 Å². The maximum Gasteiger partial charge on any atom is 0.259 e. The van der Waals surface area contributed by atoms with E-state index in [9.17, 15) is 9.18 Å². The van der Waals surface area contributed by atoms with Gasteiger partial charge in [-0.1, -0.05) is 6.07 Å². The number of benzene rings is 1. The number of halogens is 1. The number of fused-ring (bicyclic) bond motifs is 1. The van der Waals surface area contributed by atoms with Crippen molar-refractivity contribution < 1.29 is 13.9 Å². The molecule has 2 aliphatic rings. The Morgan fingerprint density at radius 3 is 2.97 bits per heavy atom. The summed E-state index contributed by atoms with van der Waals surface area (Å²) in [6, 6.07) is 8.24. The third-order valence-electron chi connectivity index (χ3n) is 6.27. The molecule has 1 fully saturated rings. The summed E-state index contributed by atoms with van der Waals surface area (Å²) in [5.74, 6) is 0.400. The van der Waals surface area contributed by atoms with Gasteiger partial charge in [0, 0.05) is 18.7 Å². The molecule has 6 rings (SSSR count). The molecule has 0 saturated heterocycles. The number of carbonyl (C=O) groups excluding carboxylic acids is 1. The van der Waals surface area contributed by atoms with Gasteiger partial charge in [-0.15, -0.1) is 0 Å². The molecule has 0 bridgehead atoms. The predicted molar refractivity (Wildman–Crippen MR) is 123 cm³/mol. The highest BCUT2D eigenvalue weighted by molar-refractivity contribution is 6.04. The number of pyridine rings is 1. The van der Waals surface area contributed by atoms with Crippen molar-refractivity contribution in [1.82, 2.24) is 24.1 Å². The number of carbonyl (C=O) groups is 1. The van der Waals surface area contributed by atoms with E-state index < -0.39 is 11.7 Å². The fraction of sp³-hybridized carbons (Fsp3) is 0.280. The van der Waals surface area contributed by atoms with Crippen LogP contribution in [0.25, 0.3) is 17.2 Å². The van der Waals surface area contributed by atoms with Crippen molar-refractivity contribution >= 4 is 11.7 Å². The minimum atomic E-state index is -0.584. The van der Waals surface area contributed by atoms with Crippen LogP contribution in [-0.4, -0.2) is 36.6 Å². The van der Waals surface area contributed by atoms with Crippen molar-refractivity contribution in [3.8, 4) is 17.2 Å². The Balaban J connectivity index is 1.27. The van der Waals surface area contributed by atoms with Crippen LogP contribution in [0.5, 0.6) is 0 Å². The smallest absolute Gasteiger partial charge is 0.259 e. The lowest BCUT2D eigenvalue weighted by Crippen LogP contribution is -2.18. The molecular formula is C25H23FN6O2.